The molecule has 2 aromatic rings. The van der Waals surface area contributed by atoms with Crippen LogP contribution in [0.3, 0.4) is 0 Å². The molecule has 0 atom stereocenters. The molecule has 0 heterocycles. The van der Waals surface area contributed by atoms with E-state index in [1.54, 1.807) is 6.07 Å². The molecule has 0 saturated carbocycles. The van der Waals surface area contributed by atoms with Gasteiger partial charge in [0.15, 0.2) is 11.5 Å². The van der Waals surface area contributed by atoms with Crippen molar-refractivity contribution < 1.29 is 14.6 Å². The van der Waals surface area contributed by atoms with Crippen molar-refractivity contribution in [2.24, 2.45) is 5.10 Å². The van der Waals surface area contributed by atoms with Crippen LogP contribution in [0.2, 0.25) is 5.02 Å². The third-order valence-corrected chi connectivity index (χ3v) is 3.76. The zero-order chi connectivity index (χ0) is 17.5. The van der Waals surface area contributed by atoms with E-state index in [4.69, 9.17) is 16.3 Å². The molecule has 2 rings (SSSR count). The molecule has 0 spiro atoms. The molecule has 0 unspecified atom stereocenters. The van der Waals surface area contributed by atoms with Crippen molar-refractivity contribution in [3.63, 3.8) is 0 Å². The molecule has 0 aliphatic rings. The van der Waals surface area contributed by atoms with Crippen molar-refractivity contribution in [1.82, 2.24) is 5.43 Å². The number of amides is 1. The van der Waals surface area contributed by atoms with Crippen LogP contribution in [0.4, 0.5) is 0 Å². The molecule has 0 bridgehead atoms. The fourth-order valence-corrected chi connectivity index (χ4v) is 2.34. The second-order valence-electron chi connectivity index (χ2n) is 5.19. The third kappa shape index (κ3) is 4.73. The third-order valence-electron chi connectivity index (χ3n) is 3.47. The molecule has 2 aromatic carbocycles. The van der Waals surface area contributed by atoms with Crippen LogP contribution in [0.15, 0.2) is 41.5 Å². The number of nitrogens with one attached hydrogen (secondary N) is 1. The lowest BCUT2D eigenvalue weighted by Gasteiger charge is -2.06. The summed E-state index contributed by atoms with van der Waals surface area (Å²) in [7, 11) is 1.43. The number of aromatic hydroxyl groups is 1. The lowest BCUT2D eigenvalue weighted by atomic mass is 10.1. The van der Waals surface area contributed by atoms with Crippen molar-refractivity contribution in [3.8, 4) is 11.5 Å². The van der Waals surface area contributed by atoms with E-state index in [0.717, 1.165) is 12.0 Å². The molecule has 0 aliphatic carbocycles. The maximum atomic E-state index is 11.9. The van der Waals surface area contributed by atoms with Crippen LogP contribution >= 0.6 is 11.6 Å². The Morgan fingerprint density at radius 2 is 1.96 bits per heavy atom. The van der Waals surface area contributed by atoms with Gasteiger partial charge in [-0.2, -0.15) is 5.10 Å². The van der Waals surface area contributed by atoms with Gasteiger partial charge in [0.2, 0.25) is 5.91 Å². The largest absolute Gasteiger partial charge is 0.503 e. The van der Waals surface area contributed by atoms with Crippen molar-refractivity contribution >= 4 is 23.7 Å². The zero-order valence-electron chi connectivity index (χ0n) is 13.5. The van der Waals surface area contributed by atoms with Gasteiger partial charge in [0.25, 0.3) is 0 Å². The van der Waals surface area contributed by atoms with Crippen LogP contribution in [0.5, 0.6) is 11.5 Å². The predicted molar refractivity (Wildman–Crippen MR) is 94.9 cm³/mol. The Morgan fingerprint density at radius 3 is 2.58 bits per heavy atom. The Balaban J connectivity index is 1.95. The van der Waals surface area contributed by atoms with E-state index in [2.05, 4.69) is 17.5 Å². The number of phenols is 1. The van der Waals surface area contributed by atoms with Crippen LogP contribution in [0.1, 0.15) is 23.6 Å². The van der Waals surface area contributed by atoms with E-state index >= 15 is 0 Å². The van der Waals surface area contributed by atoms with Gasteiger partial charge in [-0.05, 0) is 35.2 Å². The Kier molecular flexibility index (Phi) is 6.21. The maximum absolute atomic E-state index is 11.9. The minimum atomic E-state index is -0.215. The van der Waals surface area contributed by atoms with Crippen LogP contribution in [-0.2, 0) is 17.6 Å². The van der Waals surface area contributed by atoms with Crippen LogP contribution in [-0.4, -0.2) is 24.3 Å². The topological polar surface area (TPSA) is 70.9 Å². The van der Waals surface area contributed by atoms with Gasteiger partial charge in [-0.15, -0.1) is 0 Å². The number of nitrogens with zero attached hydrogens (tertiary/aromatic N) is 1. The summed E-state index contributed by atoms with van der Waals surface area (Å²) < 4.78 is 5.01. The highest BCUT2D eigenvalue weighted by Gasteiger charge is 2.08. The molecule has 2 N–H and O–H groups in total. The lowest BCUT2D eigenvalue weighted by Crippen LogP contribution is -2.19. The summed E-state index contributed by atoms with van der Waals surface area (Å²) in [5, 5.41) is 13.7. The normalized spacial score (nSPS) is 10.8. The summed E-state index contributed by atoms with van der Waals surface area (Å²) >= 11 is 5.89. The first-order valence-electron chi connectivity index (χ1n) is 7.49. The fourth-order valence-electron chi connectivity index (χ4n) is 2.12. The maximum Gasteiger partial charge on any atom is 0.244 e. The smallest absolute Gasteiger partial charge is 0.244 e. The summed E-state index contributed by atoms with van der Waals surface area (Å²) in [6.45, 7) is 2.08. The standard InChI is InChI=1S/C18H19ClN2O3/c1-3-12-4-6-13(7-5-12)10-17(22)21-20-11-14-8-15(19)18(23)16(9-14)24-2/h4-9,11,23H,3,10H2,1-2H3,(H,21,22)/b20-11+. The second kappa shape index (κ2) is 8.36. The first-order valence-corrected chi connectivity index (χ1v) is 7.87. The zero-order valence-corrected chi connectivity index (χ0v) is 14.3. The molecule has 0 aromatic heterocycles. The number of hydrogen-bond acceptors (Lipinski definition) is 4. The number of ether oxygens (including phenoxy) is 1. The Bertz CT molecular complexity index is 743. The summed E-state index contributed by atoms with van der Waals surface area (Å²) in [4.78, 5) is 11.9. The Hall–Kier alpha value is -2.53. The van der Waals surface area contributed by atoms with Crippen LogP contribution < -0.4 is 10.2 Å². The molecular weight excluding hydrogens is 328 g/mol. The number of carbonyl (C=O) groups excluding carboxylic acids is 1. The number of phenolic OH excluding ortho intramolecular Hbond substituents is 1. The van der Waals surface area contributed by atoms with Gasteiger partial charge in [-0.3, -0.25) is 4.79 Å². The quantitative estimate of drug-likeness (QED) is 0.622. The van der Waals surface area contributed by atoms with E-state index in [1.807, 2.05) is 24.3 Å². The highest BCUT2D eigenvalue weighted by Crippen LogP contribution is 2.34. The molecule has 0 saturated heterocycles. The van der Waals surface area contributed by atoms with E-state index in [1.165, 1.54) is 25.0 Å². The van der Waals surface area contributed by atoms with Gasteiger partial charge in [0.1, 0.15) is 0 Å². The molecule has 24 heavy (non-hydrogen) atoms. The van der Waals surface area contributed by atoms with Crippen molar-refractivity contribution in [3.05, 3.63) is 58.1 Å². The highest BCUT2D eigenvalue weighted by atomic mass is 35.5. The number of hydrazone groups is 1. The van der Waals surface area contributed by atoms with Crippen molar-refractivity contribution in [1.29, 1.82) is 0 Å². The minimum Gasteiger partial charge on any atom is -0.503 e. The molecule has 0 aliphatic heterocycles. The molecule has 0 radical (unpaired) electrons. The van der Waals surface area contributed by atoms with Gasteiger partial charge in [-0.1, -0.05) is 42.8 Å². The lowest BCUT2D eigenvalue weighted by molar-refractivity contribution is -0.120. The Labute approximate surface area is 145 Å². The summed E-state index contributed by atoms with van der Waals surface area (Å²) in [6.07, 6.45) is 2.66. The summed E-state index contributed by atoms with van der Waals surface area (Å²) in [5.74, 6) is -0.102. The SMILES string of the molecule is CCc1ccc(CC(=O)N/N=C/c2cc(Cl)c(O)c(OC)c2)cc1. The summed E-state index contributed by atoms with van der Waals surface area (Å²) in [5.41, 5.74) is 5.22. The molecule has 5 nitrogen and oxygen atoms in total. The van der Waals surface area contributed by atoms with E-state index in [9.17, 15) is 9.90 Å². The number of rotatable bonds is 6. The van der Waals surface area contributed by atoms with E-state index in [0.29, 0.717) is 5.56 Å². The molecule has 126 valence electrons. The average Bonchev–Trinajstić information content (AvgIpc) is 2.58. The van der Waals surface area contributed by atoms with Crippen molar-refractivity contribution in [2.45, 2.75) is 19.8 Å². The first kappa shape index (κ1) is 17.8. The minimum absolute atomic E-state index is 0.129. The molecule has 6 heteroatoms. The fraction of sp³-hybridized carbons (Fsp3) is 0.222. The highest BCUT2D eigenvalue weighted by molar-refractivity contribution is 6.32. The summed E-state index contributed by atoms with van der Waals surface area (Å²) in [6, 6.07) is 11.0. The number of benzene rings is 2. The van der Waals surface area contributed by atoms with Gasteiger partial charge in [0, 0.05) is 0 Å². The number of methoxy groups -OCH3 is 1. The van der Waals surface area contributed by atoms with Gasteiger partial charge >= 0.3 is 0 Å². The number of carbonyl (C=O) groups is 1. The van der Waals surface area contributed by atoms with Crippen molar-refractivity contribution in [2.75, 3.05) is 7.11 Å². The monoisotopic (exact) mass is 346 g/mol. The van der Waals surface area contributed by atoms with Gasteiger partial charge in [0.05, 0.1) is 24.8 Å². The predicted octanol–water partition coefficient (Wildman–Crippen LogP) is 3.31. The number of aryl methyl sites for hydroxylation is 1. The average molecular weight is 347 g/mol. The van der Waals surface area contributed by atoms with Gasteiger partial charge < -0.3 is 9.84 Å². The van der Waals surface area contributed by atoms with Crippen LogP contribution in [0.25, 0.3) is 0 Å². The Morgan fingerprint density at radius 1 is 1.29 bits per heavy atom. The molecule has 0 fully saturated rings. The first-order chi connectivity index (χ1) is 11.5. The number of halogens is 1. The van der Waals surface area contributed by atoms with Gasteiger partial charge in [-0.25, -0.2) is 5.43 Å². The molecular formula is C18H19ClN2O3. The van der Waals surface area contributed by atoms with Crippen LogP contribution in [0, 0.1) is 0 Å². The van der Waals surface area contributed by atoms with E-state index in [-0.39, 0.29) is 28.8 Å². The number of hydrogen-bond donors (Lipinski definition) is 2. The van der Waals surface area contributed by atoms with E-state index < -0.39 is 0 Å². The molecule has 1 amide bonds. The second-order valence-corrected chi connectivity index (χ2v) is 5.60.